The Labute approximate surface area is 117 Å². The molecule has 0 aliphatic heterocycles. The molecule has 0 bridgehead atoms. The highest BCUT2D eigenvalue weighted by molar-refractivity contribution is 8.00. The maximum Gasteiger partial charge on any atom is 0.0412 e. The largest absolute Gasteiger partial charge is 0.323 e. The molecule has 102 valence electrons. The van der Waals surface area contributed by atoms with Crippen molar-refractivity contribution in [3.8, 4) is 0 Å². The van der Waals surface area contributed by atoms with Gasteiger partial charge in [0.25, 0.3) is 0 Å². The second-order valence-electron chi connectivity index (χ2n) is 5.41. The third-order valence-corrected chi connectivity index (χ3v) is 5.34. The Kier molecular flexibility index (Phi) is 6.24. The second-order valence-corrected chi connectivity index (χ2v) is 7.17. The fourth-order valence-electron chi connectivity index (χ4n) is 1.83. The molecule has 0 amide bonds. The molecule has 0 aliphatic rings. The zero-order chi connectivity index (χ0) is 13.7. The van der Waals surface area contributed by atoms with Gasteiger partial charge in [-0.25, -0.2) is 0 Å². The first kappa shape index (κ1) is 15.6. The molecule has 0 aliphatic carbocycles. The van der Waals surface area contributed by atoms with E-state index in [1.807, 2.05) is 11.8 Å². The first-order valence-electron chi connectivity index (χ1n) is 6.95. The highest BCUT2D eigenvalue weighted by atomic mass is 32.2. The predicted molar refractivity (Wildman–Crippen MR) is 84.1 cm³/mol. The minimum absolute atomic E-state index is 0.127. The second kappa shape index (κ2) is 7.20. The Hall–Kier alpha value is -0.470. The van der Waals surface area contributed by atoms with Gasteiger partial charge in [0.15, 0.2) is 0 Å². The van der Waals surface area contributed by atoms with Crippen molar-refractivity contribution >= 4 is 11.8 Å². The van der Waals surface area contributed by atoms with Crippen LogP contribution in [-0.2, 0) is 6.42 Å². The van der Waals surface area contributed by atoms with Gasteiger partial charge in [0, 0.05) is 16.5 Å². The molecule has 0 radical (unpaired) electrons. The van der Waals surface area contributed by atoms with Gasteiger partial charge in [-0.3, -0.25) is 0 Å². The number of nitrogens with two attached hydrogens (primary N) is 1. The van der Waals surface area contributed by atoms with Crippen molar-refractivity contribution in [2.45, 2.75) is 57.6 Å². The molecule has 3 atom stereocenters. The van der Waals surface area contributed by atoms with Crippen molar-refractivity contribution in [2.75, 3.05) is 0 Å². The lowest BCUT2D eigenvalue weighted by molar-refractivity contribution is 0.631. The molecular formula is C16H27NS. The number of hydrogen-bond donors (Lipinski definition) is 1. The highest BCUT2D eigenvalue weighted by Gasteiger charge is 2.19. The van der Waals surface area contributed by atoms with Gasteiger partial charge in [0.05, 0.1) is 0 Å². The van der Waals surface area contributed by atoms with Crippen molar-refractivity contribution < 1.29 is 0 Å². The van der Waals surface area contributed by atoms with Crippen LogP contribution in [0.4, 0.5) is 0 Å². The van der Waals surface area contributed by atoms with Crippen LogP contribution in [0.1, 0.15) is 51.8 Å². The molecule has 2 heteroatoms. The number of rotatable bonds is 6. The molecular weight excluding hydrogens is 238 g/mol. The normalized spacial score (nSPS) is 16.6. The standard InChI is InChI=1S/C16H27NS/c1-6-14-7-9-15(10-8-14)16(17)13(5)18-12(4)11(2)3/h7-13,16H,6,17H2,1-5H3. The van der Waals surface area contributed by atoms with Gasteiger partial charge in [-0.2, -0.15) is 11.8 Å². The molecule has 3 unspecified atom stereocenters. The SMILES string of the molecule is CCc1ccc(C(N)C(C)SC(C)C(C)C)cc1. The fraction of sp³-hybridized carbons (Fsp3) is 0.625. The monoisotopic (exact) mass is 265 g/mol. The third kappa shape index (κ3) is 4.33. The lowest BCUT2D eigenvalue weighted by Gasteiger charge is -2.25. The van der Waals surface area contributed by atoms with E-state index in [-0.39, 0.29) is 6.04 Å². The quantitative estimate of drug-likeness (QED) is 0.824. The average Bonchev–Trinajstić information content (AvgIpc) is 2.37. The Morgan fingerprint density at radius 2 is 1.56 bits per heavy atom. The number of hydrogen-bond acceptors (Lipinski definition) is 2. The maximum absolute atomic E-state index is 6.36. The third-order valence-electron chi connectivity index (χ3n) is 3.65. The number of aryl methyl sites for hydroxylation is 1. The average molecular weight is 265 g/mol. The van der Waals surface area contributed by atoms with Gasteiger partial charge >= 0.3 is 0 Å². The molecule has 0 aromatic heterocycles. The molecule has 0 heterocycles. The summed E-state index contributed by atoms with van der Waals surface area (Å²) in [5.74, 6) is 0.701. The van der Waals surface area contributed by atoms with Crippen LogP contribution in [0.5, 0.6) is 0 Å². The van der Waals surface area contributed by atoms with Crippen LogP contribution < -0.4 is 5.73 Å². The van der Waals surface area contributed by atoms with Crippen LogP contribution in [0, 0.1) is 5.92 Å². The molecule has 1 rings (SSSR count). The van der Waals surface area contributed by atoms with E-state index in [4.69, 9.17) is 5.73 Å². The highest BCUT2D eigenvalue weighted by Crippen LogP contribution is 2.30. The van der Waals surface area contributed by atoms with Crippen LogP contribution in [0.2, 0.25) is 0 Å². The summed E-state index contributed by atoms with van der Waals surface area (Å²) in [4.78, 5) is 0. The predicted octanol–water partition coefficient (Wildman–Crippen LogP) is 4.42. The van der Waals surface area contributed by atoms with Gasteiger partial charge in [-0.05, 0) is 23.5 Å². The van der Waals surface area contributed by atoms with Crippen LogP contribution in [-0.4, -0.2) is 10.5 Å². The van der Waals surface area contributed by atoms with E-state index >= 15 is 0 Å². The van der Waals surface area contributed by atoms with E-state index in [1.54, 1.807) is 0 Å². The van der Waals surface area contributed by atoms with E-state index in [0.717, 1.165) is 6.42 Å². The molecule has 0 saturated carbocycles. The maximum atomic E-state index is 6.36. The Balaban J connectivity index is 2.64. The lowest BCUT2D eigenvalue weighted by Crippen LogP contribution is -2.24. The first-order chi connectivity index (χ1) is 8.45. The minimum Gasteiger partial charge on any atom is -0.323 e. The summed E-state index contributed by atoms with van der Waals surface area (Å²) in [5, 5.41) is 1.11. The van der Waals surface area contributed by atoms with Crippen molar-refractivity contribution in [3.05, 3.63) is 35.4 Å². The molecule has 0 fully saturated rings. The topological polar surface area (TPSA) is 26.0 Å². The van der Waals surface area contributed by atoms with E-state index in [1.165, 1.54) is 11.1 Å². The van der Waals surface area contributed by atoms with Crippen LogP contribution in [0.15, 0.2) is 24.3 Å². The number of benzene rings is 1. The summed E-state index contributed by atoms with van der Waals surface area (Å²) < 4.78 is 0. The molecule has 1 aromatic carbocycles. The van der Waals surface area contributed by atoms with Crippen LogP contribution in [0.3, 0.4) is 0 Å². The fourth-order valence-corrected chi connectivity index (χ4v) is 3.14. The summed E-state index contributed by atoms with van der Waals surface area (Å²) in [5.41, 5.74) is 8.99. The molecule has 0 saturated heterocycles. The summed E-state index contributed by atoms with van der Waals surface area (Å²) >= 11 is 2.00. The molecule has 1 nitrogen and oxygen atoms in total. The van der Waals surface area contributed by atoms with E-state index < -0.39 is 0 Å². The molecule has 0 spiro atoms. The van der Waals surface area contributed by atoms with Gasteiger partial charge in [0.2, 0.25) is 0 Å². The van der Waals surface area contributed by atoms with Crippen molar-refractivity contribution in [3.63, 3.8) is 0 Å². The molecule has 18 heavy (non-hydrogen) atoms. The number of thioether (sulfide) groups is 1. The van der Waals surface area contributed by atoms with Crippen LogP contribution in [0.25, 0.3) is 0 Å². The molecule has 1 aromatic rings. The Morgan fingerprint density at radius 1 is 1.00 bits per heavy atom. The Bertz CT molecular complexity index is 345. The lowest BCUT2D eigenvalue weighted by atomic mass is 10.0. The van der Waals surface area contributed by atoms with Crippen molar-refractivity contribution in [1.82, 2.24) is 0 Å². The summed E-state index contributed by atoms with van der Waals surface area (Å²) in [6.45, 7) is 11.2. The summed E-state index contributed by atoms with van der Waals surface area (Å²) in [6.07, 6.45) is 1.09. The Morgan fingerprint density at radius 3 is 2.00 bits per heavy atom. The smallest absolute Gasteiger partial charge is 0.0412 e. The van der Waals surface area contributed by atoms with E-state index in [9.17, 15) is 0 Å². The minimum atomic E-state index is 0.127. The van der Waals surface area contributed by atoms with Gasteiger partial charge in [-0.1, -0.05) is 58.9 Å². The van der Waals surface area contributed by atoms with Crippen LogP contribution >= 0.6 is 11.8 Å². The summed E-state index contributed by atoms with van der Waals surface area (Å²) in [6, 6.07) is 8.88. The summed E-state index contributed by atoms with van der Waals surface area (Å²) in [7, 11) is 0. The van der Waals surface area contributed by atoms with Gasteiger partial charge in [0.1, 0.15) is 0 Å². The van der Waals surface area contributed by atoms with E-state index in [0.29, 0.717) is 16.4 Å². The van der Waals surface area contributed by atoms with Gasteiger partial charge in [-0.15, -0.1) is 0 Å². The van der Waals surface area contributed by atoms with E-state index in [2.05, 4.69) is 58.9 Å². The van der Waals surface area contributed by atoms with Crippen molar-refractivity contribution in [2.24, 2.45) is 11.7 Å². The first-order valence-corrected chi connectivity index (χ1v) is 7.89. The van der Waals surface area contributed by atoms with Crippen molar-refractivity contribution in [1.29, 1.82) is 0 Å². The zero-order valence-corrected chi connectivity index (χ0v) is 13.1. The van der Waals surface area contributed by atoms with Gasteiger partial charge < -0.3 is 5.73 Å². The molecule has 2 N–H and O–H groups in total. The zero-order valence-electron chi connectivity index (χ0n) is 12.3.